The maximum atomic E-state index is 12.0. The Hall–Kier alpha value is -0.733. The average Bonchev–Trinajstić information content (AvgIpc) is 2.87. The van der Waals surface area contributed by atoms with Gasteiger partial charge in [0.1, 0.15) is 0 Å². The van der Waals surface area contributed by atoms with Gasteiger partial charge in [0, 0.05) is 26.9 Å². The van der Waals surface area contributed by atoms with Gasteiger partial charge in [-0.25, -0.2) is 0 Å². The van der Waals surface area contributed by atoms with Gasteiger partial charge in [-0.3, -0.25) is 0 Å². The maximum absolute atomic E-state index is 12.0. The molecule has 1 aliphatic carbocycles. The lowest BCUT2D eigenvalue weighted by molar-refractivity contribution is -0.188. The molecule has 1 fully saturated rings. The average molecular weight is 597 g/mol. The number of allylic oxidation sites excluding steroid dienone is 2. The summed E-state index contributed by atoms with van der Waals surface area (Å²) in [6.45, 7) is 15.3. The molecule has 0 amide bonds. The van der Waals surface area contributed by atoms with Gasteiger partial charge in [-0.2, -0.15) is 5.10 Å². The lowest BCUT2D eigenvalue weighted by atomic mass is 9.76. The standard InChI is InChI=1S/C34H68N2O4Si/c1-10-11-12-13-14-15-16-17-18-19-20-21-22-23-24-25-34(38)27-31(40-41(8,9)33(3,4)5)30(37)26-32(34)39-29(2)28-35-36(6)7/h15-16,28-32,37-38H,10-14,17-27H2,1-9H3/b16-15-,35-28+/t29-,30-,31-,32+,34+/m0/s1. The SMILES string of the molecule is CCCCCC/C=C\CCCCCCCCC[C@@]1(O)C[C@H](O[Si](C)(C)C(C)(C)C)[C@@H](O)C[C@H]1O[C@@H](C)/C=N/N(C)C. The van der Waals surface area contributed by atoms with Gasteiger partial charge in [0.25, 0.3) is 0 Å². The molecule has 1 aliphatic rings. The first kappa shape index (κ1) is 38.3. The largest absolute Gasteiger partial charge is 0.411 e. The van der Waals surface area contributed by atoms with E-state index in [4.69, 9.17) is 9.16 Å². The Labute approximate surface area is 255 Å². The second kappa shape index (κ2) is 19.5. The van der Waals surface area contributed by atoms with Crippen molar-refractivity contribution in [3.63, 3.8) is 0 Å². The van der Waals surface area contributed by atoms with E-state index in [2.05, 4.69) is 58.0 Å². The third kappa shape index (κ3) is 15.5. The molecule has 0 radical (unpaired) electrons. The van der Waals surface area contributed by atoms with Crippen LogP contribution in [0.15, 0.2) is 17.3 Å². The van der Waals surface area contributed by atoms with Crippen LogP contribution in [-0.2, 0) is 9.16 Å². The Morgan fingerprint density at radius 2 is 1.49 bits per heavy atom. The van der Waals surface area contributed by atoms with Crippen molar-refractivity contribution < 1.29 is 19.4 Å². The van der Waals surface area contributed by atoms with Crippen LogP contribution in [0.5, 0.6) is 0 Å². The highest BCUT2D eigenvalue weighted by atomic mass is 28.4. The van der Waals surface area contributed by atoms with Crippen molar-refractivity contribution >= 4 is 14.5 Å². The first-order chi connectivity index (χ1) is 19.2. The number of aliphatic hydroxyl groups excluding tert-OH is 1. The van der Waals surface area contributed by atoms with E-state index in [9.17, 15) is 10.2 Å². The van der Waals surface area contributed by atoms with Crippen molar-refractivity contribution in [3.05, 3.63) is 12.2 Å². The van der Waals surface area contributed by atoms with Crippen molar-refractivity contribution in [2.45, 2.75) is 186 Å². The van der Waals surface area contributed by atoms with E-state index in [1.54, 1.807) is 11.2 Å². The molecule has 41 heavy (non-hydrogen) atoms. The summed E-state index contributed by atoms with van der Waals surface area (Å²) in [7, 11) is 1.66. The quantitative estimate of drug-likeness (QED) is 0.0456. The third-order valence-electron chi connectivity index (χ3n) is 9.05. The van der Waals surface area contributed by atoms with Crippen molar-refractivity contribution in [3.8, 4) is 0 Å². The molecule has 0 aromatic carbocycles. The normalized spacial score (nSPS) is 24.9. The van der Waals surface area contributed by atoms with Crippen molar-refractivity contribution in [2.75, 3.05) is 14.1 Å². The molecule has 2 N–H and O–H groups in total. The highest BCUT2D eigenvalue weighted by Gasteiger charge is 2.50. The van der Waals surface area contributed by atoms with Gasteiger partial charge in [0.05, 0.1) is 36.2 Å². The third-order valence-corrected chi connectivity index (χ3v) is 13.6. The molecule has 0 bridgehead atoms. The number of ether oxygens (including phenoxy) is 1. The molecular weight excluding hydrogens is 528 g/mol. The zero-order valence-corrected chi connectivity index (χ0v) is 29.5. The molecule has 0 spiro atoms. The van der Waals surface area contributed by atoms with Crippen LogP contribution in [-0.4, -0.2) is 73.9 Å². The molecule has 0 saturated heterocycles. The number of rotatable bonds is 21. The summed E-state index contributed by atoms with van der Waals surface area (Å²) in [5, 5.41) is 29.2. The molecule has 0 aromatic rings. The van der Waals surface area contributed by atoms with Gasteiger partial charge in [-0.05, 0) is 57.2 Å². The van der Waals surface area contributed by atoms with Crippen LogP contribution in [0.4, 0.5) is 0 Å². The summed E-state index contributed by atoms with van der Waals surface area (Å²) in [6, 6.07) is 0. The van der Waals surface area contributed by atoms with Crippen molar-refractivity contribution in [1.82, 2.24) is 5.01 Å². The van der Waals surface area contributed by atoms with Crippen molar-refractivity contribution in [2.24, 2.45) is 5.10 Å². The molecule has 6 nitrogen and oxygen atoms in total. The fraction of sp³-hybridized carbons (Fsp3) is 0.912. The van der Waals surface area contributed by atoms with Crippen LogP contribution in [0, 0.1) is 0 Å². The first-order valence-electron chi connectivity index (χ1n) is 16.8. The summed E-state index contributed by atoms with van der Waals surface area (Å²) >= 11 is 0. The summed E-state index contributed by atoms with van der Waals surface area (Å²) in [6.07, 6.45) is 22.5. The molecular formula is C34H68N2O4Si. The van der Waals surface area contributed by atoms with Gasteiger partial charge >= 0.3 is 0 Å². The number of nitrogens with zero attached hydrogens (tertiary/aromatic N) is 2. The Morgan fingerprint density at radius 1 is 0.951 bits per heavy atom. The van der Waals surface area contributed by atoms with Crippen molar-refractivity contribution in [1.29, 1.82) is 0 Å². The van der Waals surface area contributed by atoms with E-state index in [1.165, 1.54) is 70.6 Å². The molecule has 5 atom stereocenters. The summed E-state index contributed by atoms with van der Waals surface area (Å²) < 4.78 is 13.0. The minimum atomic E-state index is -2.09. The zero-order valence-electron chi connectivity index (χ0n) is 28.5. The van der Waals surface area contributed by atoms with E-state index in [1.807, 2.05) is 21.0 Å². The Bertz CT molecular complexity index is 737. The fourth-order valence-corrected chi connectivity index (χ4v) is 6.70. The van der Waals surface area contributed by atoms with Crippen LogP contribution < -0.4 is 0 Å². The molecule has 1 rings (SSSR count). The van der Waals surface area contributed by atoms with Crippen LogP contribution in [0.3, 0.4) is 0 Å². The monoisotopic (exact) mass is 596 g/mol. The minimum Gasteiger partial charge on any atom is -0.411 e. The second-order valence-electron chi connectivity index (χ2n) is 14.3. The highest BCUT2D eigenvalue weighted by Crippen LogP contribution is 2.42. The smallest absolute Gasteiger partial charge is 0.192 e. The van der Waals surface area contributed by atoms with E-state index in [-0.39, 0.29) is 17.2 Å². The Balaban J connectivity index is 2.56. The summed E-state index contributed by atoms with van der Waals surface area (Å²) in [4.78, 5) is 0. The minimum absolute atomic E-state index is 0.0415. The molecule has 7 heteroatoms. The topological polar surface area (TPSA) is 74.5 Å². The van der Waals surface area contributed by atoms with Gasteiger partial charge in [0.2, 0.25) is 0 Å². The van der Waals surface area contributed by atoms with Crippen LogP contribution in [0.2, 0.25) is 18.1 Å². The van der Waals surface area contributed by atoms with Crippen LogP contribution in [0.25, 0.3) is 0 Å². The van der Waals surface area contributed by atoms with E-state index >= 15 is 0 Å². The lowest BCUT2D eigenvalue weighted by Crippen LogP contribution is -2.59. The summed E-state index contributed by atoms with van der Waals surface area (Å²) in [5.41, 5.74) is -1.02. The molecule has 0 aromatic heterocycles. The number of unbranched alkanes of at least 4 members (excludes halogenated alkanes) is 11. The van der Waals surface area contributed by atoms with Gasteiger partial charge in [-0.15, -0.1) is 0 Å². The lowest BCUT2D eigenvalue weighted by Gasteiger charge is -2.49. The van der Waals surface area contributed by atoms with E-state index < -0.39 is 26.1 Å². The second-order valence-corrected chi connectivity index (χ2v) is 19.1. The van der Waals surface area contributed by atoms with Gasteiger partial charge in [0.15, 0.2) is 8.32 Å². The highest BCUT2D eigenvalue weighted by molar-refractivity contribution is 6.74. The number of hydrogen-bond donors (Lipinski definition) is 2. The van der Waals surface area contributed by atoms with Gasteiger partial charge < -0.3 is 24.4 Å². The summed E-state index contributed by atoms with van der Waals surface area (Å²) in [5.74, 6) is 0. The molecule has 0 unspecified atom stereocenters. The molecule has 242 valence electrons. The number of aliphatic hydroxyl groups is 2. The van der Waals surface area contributed by atoms with Crippen LogP contribution in [0.1, 0.15) is 137 Å². The van der Waals surface area contributed by atoms with E-state index in [0.717, 1.165) is 12.8 Å². The molecule has 1 saturated carbocycles. The number of hydrogen-bond acceptors (Lipinski definition) is 6. The number of hydrazone groups is 1. The van der Waals surface area contributed by atoms with Crippen LogP contribution >= 0.6 is 0 Å². The Kier molecular flexibility index (Phi) is 18.2. The predicted octanol–water partition coefficient (Wildman–Crippen LogP) is 8.62. The Morgan fingerprint density at radius 3 is 2.02 bits per heavy atom. The fourth-order valence-electron chi connectivity index (χ4n) is 5.35. The molecule has 0 aliphatic heterocycles. The zero-order chi connectivity index (χ0) is 30.9. The van der Waals surface area contributed by atoms with E-state index in [0.29, 0.717) is 19.3 Å². The predicted molar refractivity (Wildman–Crippen MR) is 178 cm³/mol. The molecule has 0 heterocycles. The maximum Gasteiger partial charge on any atom is 0.192 e. The first-order valence-corrected chi connectivity index (χ1v) is 19.7. The van der Waals surface area contributed by atoms with Gasteiger partial charge in [-0.1, -0.05) is 97.6 Å².